The molecular formula is C17H18F3N3O3. The lowest BCUT2D eigenvalue weighted by Crippen LogP contribution is -2.36. The van der Waals surface area contributed by atoms with Gasteiger partial charge in [-0.25, -0.2) is 0 Å². The van der Waals surface area contributed by atoms with Crippen molar-refractivity contribution >= 4 is 12.2 Å². The summed E-state index contributed by atoms with van der Waals surface area (Å²) < 4.78 is 43.5. The maximum absolute atomic E-state index is 12.7. The zero-order chi connectivity index (χ0) is 19.2. The molecular weight excluding hydrogens is 351 g/mol. The number of amides is 1. The lowest BCUT2D eigenvalue weighted by atomic mass is 10.1. The lowest BCUT2D eigenvalue weighted by Gasteiger charge is -2.11. The van der Waals surface area contributed by atoms with E-state index in [-0.39, 0.29) is 18.2 Å². The Morgan fingerprint density at radius 2 is 2.12 bits per heavy atom. The third-order valence-electron chi connectivity index (χ3n) is 3.72. The molecule has 0 fully saturated rings. The topological polar surface area (TPSA) is 85.1 Å². The number of nitrogens with one attached hydrogen (secondary N) is 1. The molecule has 1 atom stereocenters. The van der Waals surface area contributed by atoms with Gasteiger partial charge in [-0.3, -0.25) is 9.59 Å². The number of alkyl halides is 3. The number of aromatic nitrogens is 2. The van der Waals surface area contributed by atoms with E-state index in [9.17, 15) is 22.8 Å². The summed E-state index contributed by atoms with van der Waals surface area (Å²) in [7, 11) is 0. The fourth-order valence-corrected chi connectivity index (χ4v) is 2.39. The summed E-state index contributed by atoms with van der Waals surface area (Å²) in [5.41, 5.74) is -0.448. The average molecular weight is 369 g/mol. The highest BCUT2D eigenvalue weighted by atomic mass is 19.4. The maximum atomic E-state index is 12.7. The van der Waals surface area contributed by atoms with Gasteiger partial charge in [0, 0.05) is 0 Å². The van der Waals surface area contributed by atoms with Crippen LogP contribution in [0.2, 0.25) is 0 Å². The Balaban J connectivity index is 2.11. The summed E-state index contributed by atoms with van der Waals surface area (Å²) in [4.78, 5) is 23.0. The van der Waals surface area contributed by atoms with Crippen molar-refractivity contribution in [2.75, 3.05) is 0 Å². The van der Waals surface area contributed by atoms with Crippen molar-refractivity contribution in [2.45, 2.75) is 44.8 Å². The largest absolute Gasteiger partial charge is 0.418 e. The summed E-state index contributed by atoms with van der Waals surface area (Å²) in [5, 5.41) is 9.78. The van der Waals surface area contributed by atoms with Gasteiger partial charge >= 0.3 is 6.18 Å². The molecule has 0 bridgehead atoms. The quantitative estimate of drug-likeness (QED) is 0.542. The van der Waals surface area contributed by atoms with Gasteiger partial charge in [0.25, 0.3) is 5.89 Å². The molecule has 1 amide bonds. The molecule has 2 aromatic rings. The second-order valence-corrected chi connectivity index (χ2v) is 5.72. The van der Waals surface area contributed by atoms with Crippen LogP contribution in [0.15, 0.2) is 28.7 Å². The maximum Gasteiger partial charge on any atom is 0.416 e. The van der Waals surface area contributed by atoms with Crippen LogP contribution in [0, 0.1) is 0 Å². The number of hydrogen-bond acceptors (Lipinski definition) is 5. The van der Waals surface area contributed by atoms with Crippen molar-refractivity contribution in [3.05, 3.63) is 47.2 Å². The Labute approximate surface area is 147 Å². The van der Waals surface area contributed by atoms with E-state index in [4.69, 9.17) is 4.42 Å². The SMILES string of the molecule is CCCCC(NC=O)C(=O)c1nnc(Cc2cccc(C(F)(F)F)c2)o1. The first kappa shape index (κ1) is 19.6. The van der Waals surface area contributed by atoms with Crippen LogP contribution in [0.4, 0.5) is 13.2 Å². The number of ketones is 1. The smallest absolute Gasteiger partial charge is 0.416 e. The number of Topliss-reactive ketones (excluding diaryl/α,β-unsaturated/α-hetero) is 1. The van der Waals surface area contributed by atoms with E-state index < -0.39 is 23.6 Å². The van der Waals surface area contributed by atoms with Crippen molar-refractivity contribution in [3.63, 3.8) is 0 Å². The summed E-state index contributed by atoms with van der Waals surface area (Å²) in [6.45, 7) is 1.95. The van der Waals surface area contributed by atoms with E-state index >= 15 is 0 Å². The van der Waals surface area contributed by atoms with Gasteiger partial charge in [-0.05, 0) is 18.1 Å². The minimum atomic E-state index is -4.45. The normalized spacial score (nSPS) is 12.6. The molecule has 1 unspecified atom stereocenters. The Morgan fingerprint density at radius 1 is 1.35 bits per heavy atom. The van der Waals surface area contributed by atoms with Crippen LogP contribution < -0.4 is 5.32 Å². The van der Waals surface area contributed by atoms with Crippen LogP contribution in [0.25, 0.3) is 0 Å². The van der Waals surface area contributed by atoms with Crippen molar-refractivity contribution < 1.29 is 27.2 Å². The van der Waals surface area contributed by atoms with E-state index in [2.05, 4.69) is 15.5 Å². The number of halogens is 3. The summed E-state index contributed by atoms with van der Waals surface area (Å²) in [6, 6.07) is 3.97. The lowest BCUT2D eigenvalue weighted by molar-refractivity contribution is -0.137. The molecule has 0 saturated heterocycles. The number of hydrogen-bond donors (Lipinski definition) is 1. The highest BCUT2D eigenvalue weighted by Gasteiger charge is 2.30. The fraction of sp³-hybridized carbons (Fsp3) is 0.412. The molecule has 2 rings (SSSR count). The molecule has 0 aliphatic carbocycles. The first-order chi connectivity index (χ1) is 12.3. The van der Waals surface area contributed by atoms with E-state index in [1.54, 1.807) is 0 Å². The van der Waals surface area contributed by atoms with Crippen molar-refractivity contribution in [2.24, 2.45) is 0 Å². The zero-order valence-corrected chi connectivity index (χ0v) is 14.0. The van der Waals surface area contributed by atoms with Crippen LogP contribution in [0.1, 0.15) is 53.9 Å². The van der Waals surface area contributed by atoms with Gasteiger partial charge in [-0.1, -0.05) is 38.0 Å². The first-order valence-corrected chi connectivity index (χ1v) is 8.07. The minimum absolute atomic E-state index is 0.0213. The predicted octanol–water partition coefficient (Wildman–Crippen LogP) is 3.17. The number of benzene rings is 1. The summed E-state index contributed by atoms with van der Waals surface area (Å²) >= 11 is 0. The predicted molar refractivity (Wildman–Crippen MR) is 85.4 cm³/mol. The van der Waals surface area contributed by atoms with Crippen LogP contribution >= 0.6 is 0 Å². The molecule has 1 aromatic carbocycles. The van der Waals surface area contributed by atoms with Crippen LogP contribution in [0.3, 0.4) is 0 Å². The van der Waals surface area contributed by atoms with Gasteiger partial charge in [0.1, 0.15) is 0 Å². The van der Waals surface area contributed by atoms with Gasteiger partial charge < -0.3 is 9.73 Å². The fourth-order valence-electron chi connectivity index (χ4n) is 2.39. The Kier molecular flexibility index (Phi) is 6.48. The minimum Gasteiger partial charge on any atom is -0.418 e. The number of nitrogens with zero attached hydrogens (tertiary/aromatic N) is 2. The molecule has 0 aliphatic rings. The standard InChI is InChI=1S/C17H18F3N3O3/c1-2-3-7-13(21-10-24)15(25)16-23-22-14(26-16)9-11-5-4-6-12(8-11)17(18,19)20/h4-6,8,10,13H,2-3,7,9H2,1H3,(H,21,24). The highest BCUT2D eigenvalue weighted by molar-refractivity contribution is 5.96. The molecule has 140 valence electrons. The molecule has 0 saturated carbocycles. The Bertz CT molecular complexity index is 759. The molecule has 9 heteroatoms. The number of rotatable bonds is 9. The first-order valence-electron chi connectivity index (χ1n) is 8.07. The molecule has 6 nitrogen and oxygen atoms in total. The third kappa shape index (κ3) is 5.14. The van der Waals surface area contributed by atoms with Crippen LogP contribution in [0.5, 0.6) is 0 Å². The zero-order valence-electron chi connectivity index (χ0n) is 14.0. The van der Waals surface area contributed by atoms with E-state index in [1.807, 2.05) is 6.92 Å². The summed E-state index contributed by atoms with van der Waals surface area (Å²) in [5.74, 6) is -0.774. The average Bonchev–Trinajstić information content (AvgIpc) is 3.06. The molecule has 0 radical (unpaired) electrons. The molecule has 1 heterocycles. The van der Waals surface area contributed by atoms with E-state index in [0.717, 1.165) is 25.0 Å². The Morgan fingerprint density at radius 3 is 2.77 bits per heavy atom. The van der Waals surface area contributed by atoms with Crippen molar-refractivity contribution in [3.8, 4) is 0 Å². The number of carbonyl (C=O) groups is 2. The second-order valence-electron chi connectivity index (χ2n) is 5.72. The third-order valence-corrected chi connectivity index (χ3v) is 3.72. The van der Waals surface area contributed by atoms with Crippen LogP contribution in [-0.4, -0.2) is 28.4 Å². The molecule has 0 spiro atoms. The van der Waals surface area contributed by atoms with Gasteiger partial charge in [-0.15, -0.1) is 10.2 Å². The Hall–Kier alpha value is -2.71. The van der Waals surface area contributed by atoms with Gasteiger partial charge in [0.05, 0.1) is 18.0 Å². The summed E-state index contributed by atoms with van der Waals surface area (Å²) in [6.07, 6.45) is -2.06. The number of unbranched alkanes of at least 4 members (excludes halogenated alkanes) is 1. The molecule has 1 aromatic heterocycles. The molecule has 26 heavy (non-hydrogen) atoms. The van der Waals surface area contributed by atoms with Gasteiger partial charge in [0.15, 0.2) is 0 Å². The molecule has 1 N–H and O–H groups in total. The van der Waals surface area contributed by atoms with Crippen molar-refractivity contribution in [1.29, 1.82) is 0 Å². The van der Waals surface area contributed by atoms with Crippen molar-refractivity contribution in [1.82, 2.24) is 15.5 Å². The highest BCUT2D eigenvalue weighted by Crippen LogP contribution is 2.29. The van der Waals surface area contributed by atoms with E-state index in [0.29, 0.717) is 18.4 Å². The van der Waals surface area contributed by atoms with Crippen LogP contribution in [-0.2, 0) is 17.4 Å². The van der Waals surface area contributed by atoms with Gasteiger partial charge in [-0.2, -0.15) is 13.2 Å². The molecule has 0 aliphatic heterocycles. The van der Waals surface area contributed by atoms with E-state index in [1.165, 1.54) is 12.1 Å². The number of carbonyl (C=O) groups excluding carboxylic acids is 2. The van der Waals surface area contributed by atoms with Gasteiger partial charge in [0.2, 0.25) is 18.1 Å². The second kappa shape index (κ2) is 8.59. The monoisotopic (exact) mass is 369 g/mol.